The number of ether oxygens (including phenoxy) is 2. The van der Waals surface area contributed by atoms with E-state index in [4.69, 9.17) is 9.47 Å². The Morgan fingerprint density at radius 2 is 1.88 bits per heavy atom. The smallest absolute Gasteiger partial charge is 0.331 e. The van der Waals surface area contributed by atoms with Crippen molar-refractivity contribution in [2.75, 3.05) is 26.3 Å². The molecule has 0 bridgehead atoms. The highest BCUT2D eigenvalue weighted by Gasteiger charge is 2.37. The second kappa shape index (κ2) is 4.04. The number of hydrogen-bond donors (Lipinski definition) is 0. The number of rotatable bonds is 4. The summed E-state index contributed by atoms with van der Waals surface area (Å²) in [6, 6.07) is -0.220. The minimum absolute atomic E-state index is 0.0349. The summed E-state index contributed by atoms with van der Waals surface area (Å²) in [4.78, 5) is 26.5. The molecule has 0 aliphatic carbocycles. The topological polar surface area (TPSA) is 65.7 Å². The molecule has 88 valence electrons. The molecule has 6 nitrogen and oxygen atoms in total. The molecule has 2 fully saturated rings. The molecule has 3 heterocycles. The Bertz CT molecular complexity index is 365. The second-order valence-electron chi connectivity index (χ2n) is 3.92. The maximum absolute atomic E-state index is 12.0. The lowest BCUT2D eigenvalue weighted by Gasteiger charge is -2.28. The van der Waals surface area contributed by atoms with E-state index in [9.17, 15) is 9.59 Å². The Morgan fingerprint density at radius 3 is 2.50 bits per heavy atom. The van der Waals surface area contributed by atoms with Crippen molar-refractivity contribution in [3.05, 3.63) is 0 Å². The molecule has 3 aliphatic heterocycles. The quantitative estimate of drug-likeness (QED) is 0.322. The average Bonchev–Trinajstić information content (AvgIpc) is 3.11. The highest BCUT2D eigenvalue weighted by atomic mass is 127. The van der Waals surface area contributed by atoms with Gasteiger partial charge in [0.15, 0.2) is 0 Å². The molecule has 16 heavy (non-hydrogen) atoms. The molecular formula is C9H11IN2O4. The van der Waals surface area contributed by atoms with Crippen LogP contribution < -0.4 is 0 Å². The zero-order valence-corrected chi connectivity index (χ0v) is 10.6. The van der Waals surface area contributed by atoms with Crippen LogP contribution in [0.25, 0.3) is 0 Å². The van der Waals surface area contributed by atoms with Crippen LogP contribution in [0.15, 0.2) is 0 Å². The number of carbonyl (C=O) groups excluding carboxylic acids is 2. The number of nitrogens with zero attached hydrogens (tertiary/aromatic N) is 2. The first-order valence-corrected chi connectivity index (χ1v) is 7.38. The van der Waals surface area contributed by atoms with E-state index in [1.807, 2.05) is 0 Å². The van der Waals surface area contributed by atoms with Gasteiger partial charge in [0.1, 0.15) is 0 Å². The van der Waals surface area contributed by atoms with Crippen LogP contribution >= 0.6 is 20.7 Å². The van der Waals surface area contributed by atoms with Crippen molar-refractivity contribution in [1.29, 1.82) is 0 Å². The fraction of sp³-hybridized carbons (Fsp3) is 0.667. The van der Waals surface area contributed by atoms with Crippen LogP contribution in [0.4, 0.5) is 9.59 Å². The van der Waals surface area contributed by atoms with Crippen molar-refractivity contribution in [1.82, 2.24) is 9.80 Å². The van der Waals surface area contributed by atoms with Crippen LogP contribution in [0.2, 0.25) is 0 Å². The Balaban J connectivity index is 1.69. The molecule has 0 aromatic heterocycles. The molecule has 3 aliphatic rings. The number of hydrogen-bond acceptors (Lipinski definition) is 4. The molecule has 0 aromatic rings. The van der Waals surface area contributed by atoms with Gasteiger partial charge in [-0.3, -0.25) is 14.6 Å². The fourth-order valence-electron chi connectivity index (χ4n) is 1.47. The number of imide groups is 1. The molecule has 2 unspecified atom stereocenters. The summed E-state index contributed by atoms with van der Waals surface area (Å²) in [6.45, 7) is 2.36. The van der Waals surface area contributed by atoms with E-state index in [0.717, 1.165) is 6.61 Å². The van der Waals surface area contributed by atoms with Gasteiger partial charge in [0.05, 0.1) is 38.5 Å². The highest BCUT2D eigenvalue weighted by molar-refractivity contribution is 14.2. The molecule has 0 radical (unpaired) electrons. The van der Waals surface area contributed by atoms with Crippen LogP contribution in [0.5, 0.6) is 0 Å². The van der Waals surface area contributed by atoms with Crippen molar-refractivity contribution in [2.45, 2.75) is 12.2 Å². The summed E-state index contributed by atoms with van der Waals surface area (Å²) in [5.74, 6) is 0. The SMILES string of the molecule is O=C1I=CN(CC2CO2)C(=O)N1CC1CO1. The van der Waals surface area contributed by atoms with E-state index in [2.05, 4.69) is 0 Å². The summed E-state index contributed by atoms with van der Waals surface area (Å²) in [6.07, 6.45) is 0.227. The predicted molar refractivity (Wildman–Crippen MR) is 63.8 cm³/mol. The largest absolute Gasteiger partial charge is 0.371 e. The number of amides is 3. The first-order chi connectivity index (χ1) is 7.74. The summed E-state index contributed by atoms with van der Waals surface area (Å²) < 4.78 is 11.9. The fourth-order valence-corrected chi connectivity index (χ4v) is 3.25. The van der Waals surface area contributed by atoms with Gasteiger partial charge in [-0.1, -0.05) is 0 Å². The number of carbonyl (C=O) groups is 2. The van der Waals surface area contributed by atoms with Crippen molar-refractivity contribution >= 4 is 34.8 Å². The molecule has 2 atom stereocenters. The van der Waals surface area contributed by atoms with E-state index in [1.54, 1.807) is 9.04 Å². The third kappa shape index (κ3) is 2.25. The van der Waals surface area contributed by atoms with E-state index in [1.165, 1.54) is 4.90 Å². The van der Waals surface area contributed by atoms with Gasteiger partial charge in [-0.15, -0.1) is 0 Å². The first kappa shape index (κ1) is 10.6. The predicted octanol–water partition coefficient (Wildman–Crippen LogP) is 0.372. The van der Waals surface area contributed by atoms with Crippen LogP contribution in [0, 0.1) is 0 Å². The van der Waals surface area contributed by atoms with E-state index in [-0.39, 0.29) is 22.2 Å². The maximum atomic E-state index is 12.0. The number of urea groups is 1. The van der Waals surface area contributed by atoms with Crippen molar-refractivity contribution in [2.24, 2.45) is 0 Å². The van der Waals surface area contributed by atoms with Gasteiger partial charge < -0.3 is 9.47 Å². The highest BCUT2D eigenvalue weighted by Crippen LogP contribution is 2.22. The number of halogens is 1. The molecular weight excluding hydrogens is 327 g/mol. The molecule has 0 aromatic carbocycles. The molecule has 0 spiro atoms. The first-order valence-electron chi connectivity index (χ1n) is 5.06. The van der Waals surface area contributed by atoms with Crippen molar-refractivity contribution < 1.29 is 19.1 Å². The normalized spacial score (nSPS) is 32.8. The molecule has 0 N–H and O–H groups in total. The minimum atomic E-state index is -0.708. The Morgan fingerprint density at radius 1 is 1.25 bits per heavy atom. The average molecular weight is 338 g/mol. The minimum Gasteiger partial charge on any atom is -0.371 e. The molecule has 3 amide bonds. The Hall–Kier alpha value is -0.540. The van der Waals surface area contributed by atoms with Gasteiger partial charge in [0, 0.05) is 24.9 Å². The standard InChI is InChI=1S/C9H11IN2O4/c13-8-10-5-11(1-6-3-15-6)9(14)12(8)2-7-4-16-7/h5-7H,1-4H2. The molecule has 3 rings (SSSR count). The lowest BCUT2D eigenvalue weighted by atomic mass is 10.4. The van der Waals surface area contributed by atoms with Crippen LogP contribution in [0.1, 0.15) is 0 Å². The van der Waals surface area contributed by atoms with Gasteiger partial charge >= 0.3 is 6.03 Å². The van der Waals surface area contributed by atoms with Crippen molar-refractivity contribution in [3.63, 3.8) is 0 Å². The third-order valence-electron chi connectivity index (χ3n) is 2.54. The van der Waals surface area contributed by atoms with E-state index < -0.39 is 20.7 Å². The molecule has 2 saturated heterocycles. The number of epoxide rings is 2. The Labute approximate surface area is 102 Å². The molecule has 0 saturated carbocycles. The van der Waals surface area contributed by atoms with Crippen molar-refractivity contribution in [3.8, 4) is 0 Å². The monoisotopic (exact) mass is 338 g/mol. The lowest BCUT2D eigenvalue weighted by molar-refractivity contribution is 0.177. The van der Waals surface area contributed by atoms with Crippen LogP contribution in [0.3, 0.4) is 0 Å². The second-order valence-corrected chi connectivity index (χ2v) is 6.02. The molecule has 7 heteroatoms. The van der Waals surface area contributed by atoms with Gasteiger partial charge in [-0.05, 0) is 0 Å². The van der Waals surface area contributed by atoms with Crippen LogP contribution in [-0.2, 0) is 9.47 Å². The van der Waals surface area contributed by atoms with Gasteiger partial charge in [-0.2, -0.15) is 0 Å². The summed E-state index contributed by atoms with van der Waals surface area (Å²) >= 11 is -0.708. The van der Waals surface area contributed by atoms with Crippen LogP contribution in [-0.4, -0.2) is 62.4 Å². The van der Waals surface area contributed by atoms with Gasteiger partial charge in [0.25, 0.3) is 3.91 Å². The zero-order valence-electron chi connectivity index (χ0n) is 8.47. The van der Waals surface area contributed by atoms with Gasteiger partial charge in [-0.25, -0.2) is 4.79 Å². The zero-order chi connectivity index (χ0) is 11.1. The van der Waals surface area contributed by atoms with E-state index in [0.29, 0.717) is 19.7 Å². The summed E-state index contributed by atoms with van der Waals surface area (Å²) in [7, 11) is 0. The van der Waals surface area contributed by atoms with E-state index >= 15 is 0 Å². The summed E-state index contributed by atoms with van der Waals surface area (Å²) in [5.41, 5.74) is 0. The lowest BCUT2D eigenvalue weighted by Crippen LogP contribution is -2.49. The maximum Gasteiger partial charge on any atom is 0.331 e. The summed E-state index contributed by atoms with van der Waals surface area (Å²) in [5, 5.41) is 0. The van der Waals surface area contributed by atoms with Gasteiger partial charge in [0.2, 0.25) is 0 Å². The Kier molecular flexibility index (Phi) is 2.68. The third-order valence-corrected chi connectivity index (χ3v) is 4.61.